The van der Waals surface area contributed by atoms with Gasteiger partial charge in [0.2, 0.25) is 0 Å². The van der Waals surface area contributed by atoms with Gasteiger partial charge in [-0.2, -0.15) is 0 Å². The summed E-state index contributed by atoms with van der Waals surface area (Å²) >= 11 is 0. The first-order valence-electron chi connectivity index (χ1n) is 7.55. The molecule has 0 saturated carbocycles. The van der Waals surface area contributed by atoms with Crippen molar-refractivity contribution in [3.8, 4) is 0 Å². The van der Waals surface area contributed by atoms with E-state index in [1.165, 1.54) is 18.4 Å². The van der Waals surface area contributed by atoms with Gasteiger partial charge in [0, 0.05) is 23.9 Å². The molecule has 0 fully saturated rings. The normalized spacial score (nSPS) is 16.8. The summed E-state index contributed by atoms with van der Waals surface area (Å²) in [6, 6.07) is 3.52. The molecule has 4 nitrogen and oxygen atoms in total. The molecule has 0 bridgehead atoms. The van der Waals surface area contributed by atoms with Gasteiger partial charge in [0.15, 0.2) is 0 Å². The van der Waals surface area contributed by atoms with Crippen LogP contribution in [-0.2, 0) is 0 Å². The highest BCUT2D eigenvalue weighted by atomic mass is 16.1. The quantitative estimate of drug-likeness (QED) is 0.921. The summed E-state index contributed by atoms with van der Waals surface area (Å²) in [6.07, 6.45) is 8.50. The van der Waals surface area contributed by atoms with Gasteiger partial charge in [-0.3, -0.25) is 9.20 Å². The van der Waals surface area contributed by atoms with Gasteiger partial charge in [-0.05, 0) is 56.7 Å². The Morgan fingerprint density at radius 1 is 1.33 bits per heavy atom. The van der Waals surface area contributed by atoms with Crippen molar-refractivity contribution < 1.29 is 0 Å². The minimum absolute atomic E-state index is 0.0351. The van der Waals surface area contributed by atoms with E-state index in [9.17, 15) is 4.79 Å². The highest BCUT2D eigenvalue weighted by Gasteiger charge is 2.14. The van der Waals surface area contributed by atoms with Crippen LogP contribution >= 0.6 is 0 Å². The largest absolute Gasteiger partial charge is 0.324 e. The third kappa shape index (κ3) is 2.63. The highest BCUT2D eigenvalue weighted by Crippen LogP contribution is 2.26. The molecule has 0 amide bonds. The fourth-order valence-electron chi connectivity index (χ4n) is 2.94. The summed E-state index contributed by atoms with van der Waals surface area (Å²) in [6.45, 7) is 3.89. The number of hydrogen-bond donors (Lipinski definition) is 1. The molecule has 1 unspecified atom stereocenters. The van der Waals surface area contributed by atoms with E-state index in [0.717, 1.165) is 29.7 Å². The standard InChI is InChI=1S/C17H21N3O/c1-11-8-14(12(2)18)17-19-15(9-16(21)20(17)10-11)13-6-4-3-5-7-13/h6,8-10,12H,3-5,7,18H2,1-2H3. The Labute approximate surface area is 124 Å². The lowest BCUT2D eigenvalue weighted by atomic mass is 9.97. The maximum atomic E-state index is 12.4. The first-order chi connectivity index (χ1) is 10.1. The molecule has 3 rings (SSSR count). The molecule has 2 aromatic heterocycles. The van der Waals surface area contributed by atoms with Gasteiger partial charge >= 0.3 is 0 Å². The predicted octanol–water partition coefficient (Wildman–Crippen LogP) is 2.98. The zero-order valence-corrected chi connectivity index (χ0v) is 12.6. The number of hydrogen-bond acceptors (Lipinski definition) is 3. The van der Waals surface area contributed by atoms with E-state index in [1.807, 2.05) is 26.1 Å². The highest BCUT2D eigenvalue weighted by molar-refractivity contribution is 5.65. The summed E-state index contributed by atoms with van der Waals surface area (Å²) < 4.78 is 1.61. The average molecular weight is 283 g/mol. The second-order valence-electron chi connectivity index (χ2n) is 5.91. The SMILES string of the molecule is Cc1cc(C(C)N)c2nc(C3=CCCCC3)cc(=O)n2c1. The fourth-order valence-corrected chi connectivity index (χ4v) is 2.94. The van der Waals surface area contributed by atoms with Gasteiger partial charge < -0.3 is 5.73 Å². The molecule has 4 heteroatoms. The molecular weight excluding hydrogens is 262 g/mol. The van der Waals surface area contributed by atoms with Crippen molar-refractivity contribution in [1.82, 2.24) is 9.38 Å². The van der Waals surface area contributed by atoms with Crippen molar-refractivity contribution in [2.75, 3.05) is 0 Å². The van der Waals surface area contributed by atoms with Crippen molar-refractivity contribution in [2.45, 2.75) is 45.6 Å². The molecule has 110 valence electrons. The monoisotopic (exact) mass is 283 g/mol. The van der Waals surface area contributed by atoms with Crippen LogP contribution < -0.4 is 11.3 Å². The van der Waals surface area contributed by atoms with Crippen LogP contribution in [-0.4, -0.2) is 9.38 Å². The van der Waals surface area contributed by atoms with Gasteiger partial charge in [0.05, 0.1) is 5.69 Å². The Morgan fingerprint density at radius 2 is 2.14 bits per heavy atom. The molecule has 2 N–H and O–H groups in total. The minimum Gasteiger partial charge on any atom is -0.324 e. The van der Waals surface area contributed by atoms with Crippen LogP contribution in [0.1, 0.15) is 55.5 Å². The van der Waals surface area contributed by atoms with Crippen LogP contribution in [0.3, 0.4) is 0 Å². The Bertz CT molecular complexity index is 771. The van der Waals surface area contributed by atoms with Crippen LogP contribution in [0.4, 0.5) is 0 Å². The molecule has 0 aliphatic heterocycles. The summed E-state index contributed by atoms with van der Waals surface area (Å²) in [5.41, 5.74) is 10.6. The summed E-state index contributed by atoms with van der Waals surface area (Å²) in [4.78, 5) is 17.2. The van der Waals surface area contributed by atoms with Crippen molar-refractivity contribution in [3.63, 3.8) is 0 Å². The van der Waals surface area contributed by atoms with E-state index in [-0.39, 0.29) is 11.6 Å². The van der Waals surface area contributed by atoms with Crippen molar-refractivity contribution in [1.29, 1.82) is 0 Å². The van der Waals surface area contributed by atoms with Crippen LogP contribution in [0.5, 0.6) is 0 Å². The number of rotatable bonds is 2. The van der Waals surface area contributed by atoms with Crippen LogP contribution in [0.25, 0.3) is 11.2 Å². The van der Waals surface area contributed by atoms with Crippen LogP contribution in [0.15, 0.2) is 29.2 Å². The lowest BCUT2D eigenvalue weighted by molar-refractivity contribution is 0.739. The summed E-state index contributed by atoms with van der Waals surface area (Å²) in [7, 11) is 0. The average Bonchev–Trinajstić information content (AvgIpc) is 2.48. The van der Waals surface area contributed by atoms with Crippen molar-refractivity contribution in [3.05, 3.63) is 51.6 Å². The maximum Gasteiger partial charge on any atom is 0.258 e. The molecule has 2 heterocycles. The number of aromatic nitrogens is 2. The van der Waals surface area contributed by atoms with E-state index in [4.69, 9.17) is 10.7 Å². The summed E-state index contributed by atoms with van der Waals surface area (Å²) in [5, 5.41) is 0. The minimum atomic E-state index is -0.151. The van der Waals surface area contributed by atoms with E-state index in [0.29, 0.717) is 5.65 Å². The molecule has 1 aliphatic carbocycles. The number of aryl methyl sites for hydroxylation is 1. The van der Waals surface area contributed by atoms with Crippen LogP contribution in [0, 0.1) is 6.92 Å². The van der Waals surface area contributed by atoms with E-state index in [1.54, 1.807) is 10.5 Å². The zero-order chi connectivity index (χ0) is 15.0. The van der Waals surface area contributed by atoms with Gasteiger partial charge in [-0.15, -0.1) is 0 Å². The molecule has 0 radical (unpaired) electrons. The second-order valence-corrected chi connectivity index (χ2v) is 5.91. The van der Waals surface area contributed by atoms with Crippen molar-refractivity contribution >= 4 is 11.2 Å². The Balaban J connectivity index is 2.27. The number of nitrogens with zero attached hydrogens (tertiary/aromatic N) is 2. The smallest absolute Gasteiger partial charge is 0.258 e. The lowest BCUT2D eigenvalue weighted by Gasteiger charge is -2.15. The lowest BCUT2D eigenvalue weighted by Crippen LogP contribution is -2.19. The Kier molecular flexibility index (Phi) is 3.64. The Morgan fingerprint density at radius 3 is 2.81 bits per heavy atom. The number of fused-ring (bicyclic) bond motifs is 1. The maximum absolute atomic E-state index is 12.4. The first kappa shape index (κ1) is 14.0. The van der Waals surface area contributed by atoms with Crippen molar-refractivity contribution in [2.24, 2.45) is 5.73 Å². The molecular formula is C17H21N3O. The Hall–Kier alpha value is -1.94. The van der Waals surface area contributed by atoms with Gasteiger partial charge in [0.25, 0.3) is 5.56 Å². The molecule has 1 atom stereocenters. The molecule has 0 spiro atoms. The van der Waals surface area contributed by atoms with E-state index in [2.05, 4.69) is 6.08 Å². The molecule has 21 heavy (non-hydrogen) atoms. The predicted molar refractivity (Wildman–Crippen MR) is 85.2 cm³/mol. The van der Waals surface area contributed by atoms with E-state index < -0.39 is 0 Å². The number of allylic oxidation sites excluding steroid dienone is 2. The number of pyridine rings is 1. The van der Waals surface area contributed by atoms with Gasteiger partial charge in [-0.25, -0.2) is 4.98 Å². The van der Waals surface area contributed by atoms with Crippen LogP contribution in [0.2, 0.25) is 0 Å². The third-order valence-corrected chi connectivity index (χ3v) is 4.04. The number of nitrogens with two attached hydrogens (primary N) is 1. The summed E-state index contributed by atoms with van der Waals surface area (Å²) in [5.74, 6) is 0. The fraction of sp³-hybridized carbons (Fsp3) is 0.412. The topological polar surface area (TPSA) is 60.4 Å². The zero-order valence-electron chi connectivity index (χ0n) is 12.6. The molecule has 0 saturated heterocycles. The third-order valence-electron chi connectivity index (χ3n) is 4.04. The first-order valence-corrected chi connectivity index (χ1v) is 7.55. The second kappa shape index (κ2) is 5.45. The van der Waals surface area contributed by atoms with E-state index >= 15 is 0 Å². The molecule has 0 aromatic carbocycles. The van der Waals surface area contributed by atoms with Gasteiger partial charge in [-0.1, -0.05) is 6.08 Å². The molecule has 2 aromatic rings. The van der Waals surface area contributed by atoms with Gasteiger partial charge in [0.1, 0.15) is 5.65 Å². The molecule has 1 aliphatic rings.